The van der Waals surface area contributed by atoms with E-state index in [0.29, 0.717) is 13.0 Å². The van der Waals surface area contributed by atoms with Crippen LogP contribution in [0.25, 0.3) is 0 Å². The monoisotopic (exact) mass is 287 g/mol. The highest BCUT2D eigenvalue weighted by atomic mass is 16.5. The number of hydrogen-bond donors (Lipinski definition) is 0. The second-order valence-electron chi connectivity index (χ2n) is 5.87. The Kier molecular flexibility index (Phi) is 3.81. The Morgan fingerprint density at radius 3 is 2.95 bits per heavy atom. The van der Waals surface area contributed by atoms with E-state index >= 15 is 0 Å². The molecule has 0 spiro atoms. The third kappa shape index (κ3) is 2.48. The molecule has 1 aromatic rings. The quantitative estimate of drug-likeness (QED) is 0.803. The molecule has 1 saturated heterocycles. The van der Waals surface area contributed by atoms with Gasteiger partial charge in [-0.25, -0.2) is 0 Å². The van der Waals surface area contributed by atoms with Crippen molar-refractivity contribution >= 4 is 17.4 Å². The predicted octanol–water partition coefficient (Wildman–Crippen LogP) is 2.59. The highest BCUT2D eigenvalue weighted by Gasteiger charge is 2.33. The Bertz CT molecular complexity index is 581. The molecule has 4 nitrogen and oxygen atoms in total. The van der Waals surface area contributed by atoms with Crippen molar-refractivity contribution in [1.29, 1.82) is 0 Å². The number of hydrogen-bond acceptors (Lipinski definition) is 3. The maximum atomic E-state index is 12.7. The van der Waals surface area contributed by atoms with Gasteiger partial charge in [-0.2, -0.15) is 0 Å². The molecule has 21 heavy (non-hydrogen) atoms. The van der Waals surface area contributed by atoms with Gasteiger partial charge in [0.15, 0.2) is 5.78 Å². The second kappa shape index (κ2) is 5.60. The van der Waals surface area contributed by atoms with Crippen molar-refractivity contribution in [3.05, 3.63) is 29.3 Å². The molecule has 0 bridgehead atoms. The second-order valence-corrected chi connectivity index (χ2v) is 5.87. The number of ketones is 1. The van der Waals surface area contributed by atoms with Crippen LogP contribution in [0.15, 0.2) is 18.2 Å². The number of carbonyl (C=O) groups is 2. The zero-order chi connectivity index (χ0) is 15.0. The summed E-state index contributed by atoms with van der Waals surface area (Å²) < 4.78 is 5.63. The zero-order valence-electron chi connectivity index (χ0n) is 12.6. The molecule has 0 aromatic heterocycles. The summed E-state index contributed by atoms with van der Waals surface area (Å²) in [4.78, 5) is 26.1. The molecule has 2 unspecified atom stereocenters. The minimum atomic E-state index is -0.0176. The van der Waals surface area contributed by atoms with Crippen LogP contribution < -0.4 is 4.90 Å². The number of anilines is 1. The Labute approximate surface area is 125 Å². The number of aryl methyl sites for hydroxylation is 1. The first-order chi connectivity index (χ1) is 10.1. The lowest BCUT2D eigenvalue weighted by atomic mass is 9.88. The van der Waals surface area contributed by atoms with E-state index in [9.17, 15) is 9.59 Å². The SMILES string of the molecule is CCC1OCCC1C(=O)c1ccc2c(c1)CCC(=O)N2C. The van der Waals surface area contributed by atoms with Crippen LogP contribution in [0.5, 0.6) is 0 Å². The molecular weight excluding hydrogens is 266 g/mol. The number of ether oxygens (including phenoxy) is 1. The summed E-state index contributed by atoms with van der Waals surface area (Å²) >= 11 is 0. The van der Waals surface area contributed by atoms with Crippen LogP contribution in [-0.4, -0.2) is 31.4 Å². The smallest absolute Gasteiger partial charge is 0.227 e. The predicted molar refractivity (Wildman–Crippen MR) is 80.6 cm³/mol. The molecular formula is C17H21NO3. The van der Waals surface area contributed by atoms with Crippen LogP contribution in [0.1, 0.15) is 42.1 Å². The minimum absolute atomic E-state index is 0.0176. The average molecular weight is 287 g/mol. The van der Waals surface area contributed by atoms with Crippen LogP contribution >= 0.6 is 0 Å². The number of fused-ring (bicyclic) bond motifs is 1. The van der Waals surface area contributed by atoms with E-state index in [4.69, 9.17) is 4.74 Å². The van der Waals surface area contributed by atoms with Crippen molar-refractivity contribution in [2.24, 2.45) is 5.92 Å². The van der Waals surface area contributed by atoms with Crippen molar-refractivity contribution in [2.75, 3.05) is 18.6 Å². The maximum Gasteiger partial charge on any atom is 0.227 e. The average Bonchev–Trinajstić information content (AvgIpc) is 2.98. The summed E-state index contributed by atoms with van der Waals surface area (Å²) in [7, 11) is 1.79. The van der Waals surface area contributed by atoms with Crippen LogP contribution in [0.4, 0.5) is 5.69 Å². The van der Waals surface area contributed by atoms with Gasteiger partial charge in [0.1, 0.15) is 0 Å². The van der Waals surface area contributed by atoms with E-state index in [1.54, 1.807) is 11.9 Å². The number of nitrogens with zero attached hydrogens (tertiary/aromatic N) is 1. The van der Waals surface area contributed by atoms with E-state index in [1.165, 1.54) is 0 Å². The van der Waals surface area contributed by atoms with Gasteiger partial charge in [0.25, 0.3) is 0 Å². The van der Waals surface area contributed by atoms with Gasteiger partial charge in [-0.05, 0) is 43.0 Å². The first-order valence-electron chi connectivity index (χ1n) is 7.67. The zero-order valence-corrected chi connectivity index (χ0v) is 12.6. The molecule has 3 rings (SSSR count). The van der Waals surface area contributed by atoms with Crippen LogP contribution in [0.2, 0.25) is 0 Å². The van der Waals surface area contributed by atoms with E-state index in [0.717, 1.165) is 36.1 Å². The van der Waals surface area contributed by atoms with Gasteiger partial charge >= 0.3 is 0 Å². The van der Waals surface area contributed by atoms with Gasteiger partial charge in [-0.15, -0.1) is 0 Å². The molecule has 4 heteroatoms. The van der Waals surface area contributed by atoms with Gasteiger partial charge in [0.2, 0.25) is 5.91 Å². The summed E-state index contributed by atoms with van der Waals surface area (Å²) in [5.41, 5.74) is 2.78. The summed E-state index contributed by atoms with van der Waals surface area (Å²) in [6, 6.07) is 5.71. The molecule has 2 aliphatic rings. The molecule has 1 aromatic carbocycles. The van der Waals surface area contributed by atoms with Crippen molar-refractivity contribution < 1.29 is 14.3 Å². The van der Waals surface area contributed by atoms with Gasteiger partial charge < -0.3 is 9.64 Å². The van der Waals surface area contributed by atoms with E-state index < -0.39 is 0 Å². The number of benzene rings is 1. The molecule has 0 aliphatic carbocycles. The number of amides is 1. The van der Waals surface area contributed by atoms with Crippen LogP contribution in [0, 0.1) is 5.92 Å². The van der Waals surface area contributed by atoms with E-state index in [2.05, 4.69) is 6.92 Å². The molecule has 0 N–H and O–H groups in total. The van der Waals surface area contributed by atoms with Crippen molar-refractivity contribution in [1.82, 2.24) is 0 Å². The van der Waals surface area contributed by atoms with Crippen molar-refractivity contribution in [3.63, 3.8) is 0 Å². The molecule has 0 radical (unpaired) electrons. The molecule has 2 heterocycles. The van der Waals surface area contributed by atoms with Crippen molar-refractivity contribution in [2.45, 2.75) is 38.7 Å². The van der Waals surface area contributed by atoms with Crippen LogP contribution in [0.3, 0.4) is 0 Å². The highest BCUT2D eigenvalue weighted by molar-refractivity contribution is 6.01. The summed E-state index contributed by atoms with van der Waals surface area (Å²) in [6.07, 6.45) is 2.98. The summed E-state index contributed by atoms with van der Waals surface area (Å²) in [6.45, 7) is 2.74. The standard InChI is InChI=1S/C17H21NO3/c1-3-15-13(8-9-21-15)17(20)12-4-6-14-11(10-12)5-7-16(19)18(14)2/h4,6,10,13,15H,3,5,7-9H2,1-2H3. The topological polar surface area (TPSA) is 46.6 Å². The molecule has 1 amide bonds. The summed E-state index contributed by atoms with van der Waals surface area (Å²) in [5.74, 6) is 0.300. The Balaban J connectivity index is 1.87. The first-order valence-corrected chi connectivity index (χ1v) is 7.67. The van der Waals surface area contributed by atoms with Crippen LogP contribution in [-0.2, 0) is 16.0 Å². The Hall–Kier alpha value is -1.68. The third-order valence-electron chi connectivity index (χ3n) is 4.66. The summed E-state index contributed by atoms with van der Waals surface area (Å²) in [5, 5.41) is 0. The fourth-order valence-electron chi connectivity index (χ4n) is 3.37. The molecule has 1 fully saturated rings. The largest absolute Gasteiger partial charge is 0.377 e. The minimum Gasteiger partial charge on any atom is -0.377 e. The van der Waals surface area contributed by atoms with Gasteiger partial charge in [0, 0.05) is 31.3 Å². The van der Waals surface area contributed by atoms with Gasteiger partial charge in [0.05, 0.1) is 12.0 Å². The Morgan fingerprint density at radius 2 is 2.19 bits per heavy atom. The third-order valence-corrected chi connectivity index (χ3v) is 4.66. The number of carbonyl (C=O) groups excluding carboxylic acids is 2. The van der Waals surface area contributed by atoms with E-state index in [1.807, 2.05) is 18.2 Å². The highest BCUT2D eigenvalue weighted by Crippen LogP contribution is 2.31. The molecule has 0 saturated carbocycles. The molecule has 112 valence electrons. The lowest BCUT2D eigenvalue weighted by molar-refractivity contribution is -0.118. The number of rotatable bonds is 3. The maximum absolute atomic E-state index is 12.7. The lowest BCUT2D eigenvalue weighted by Gasteiger charge is -2.26. The van der Waals surface area contributed by atoms with Crippen molar-refractivity contribution in [3.8, 4) is 0 Å². The normalized spacial score (nSPS) is 25.0. The molecule has 2 atom stereocenters. The lowest BCUT2D eigenvalue weighted by Crippen LogP contribution is -2.31. The fraction of sp³-hybridized carbons (Fsp3) is 0.529. The molecule has 2 aliphatic heterocycles. The Morgan fingerprint density at radius 1 is 1.38 bits per heavy atom. The first kappa shape index (κ1) is 14.3. The van der Waals surface area contributed by atoms with Gasteiger partial charge in [-0.1, -0.05) is 6.92 Å². The number of Topliss-reactive ketones (excluding diaryl/α,β-unsaturated/α-hetero) is 1. The van der Waals surface area contributed by atoms with E-state index in [-0.39, 0.29) is 23.7 Å². The van der Waals surface area contributed by atoms with Gasteiger partial charge in [-0.3, -0.25) is 9.59 Å². The fourth-order valence-corrected chi connectivity index (χ4v) is 3.37.